The molecule has 128 valence electrons. The van der Waals surface area contributed by atoms with Gasteiger partial charge in [-0.3, -0.25) is 14.5 Å². The van der Waals surface area contributed by atoms with Gasteiger partial charge in [0.05, 0.1) is 0 Å². The SMILES string of the molecule is Cc1cc(NC(=O)CN2C(=O)NC3(CCNCC3)C2=O)ccc1Br. The standard InChI is InChI=1S/C16H19BrN4O3/c1-10-8-11(2-3-12(10)17)19-13(22)9-21-14(23)16(20-15(21)24)4-6-18-7-5-16/h2-3,8,18H,4-7,9H2,1H3,(H,19,22)(H,20,24). The lowest BCUT2D eigenvalue weighted by molar-refractivity contribution is -0.134. The summed E-state index contributed by atoms with van der Waals surface area (Å²) in [6.07, 6.45) is 1.09. The van der Waals surface area contributed by atoms with E-state index in [-0.39, 0.29) is 12.5 Å². The van der Waals surface area contributed by atoms with Gasteiger partial charge in [0, 0.05) is 10.2 Å². The number of nitrogens with zero attached hydrogens (tertiary/aromatic N) is 1. The number of piperidine rings is 1. The van der Waals surface area contributed by atoms with Gasteiger partial charge in [-0.05, 0) is 56.6 Å². The number of halogens is 1. The van der Waals surface area contributed by atoms with Crippen LogP contribution in [0.2, 0.25) is 0 Å². The minimum Gasteiger partial charge on any atom is -0.325 e. The first-order valence-corrected chi connectivity index (χ1v) is 8.61. The van der Waals surface area contributed by atoms with Crippen molar-refractivity contribution in [1.29, 1.82) is 0 Å². The molecule has 3 N–H and O–H groups in total. The van der Waals surface area contributed by atoms with Crippen LogP contribution in [-0.2, 0) is 9.59 Å². The average molecular weight is 395 g/mol. The van der Waals surface area contributed by atoms with E-state index in [0.29, 0.717) is 31.6 Å². The molecule has 1 spiro atoms. The van der Waals surface area contributed by atoms with Crippen LogP contribution in [0, 0.1) is 6.92 Å². The van der Waals surface area contributed by atoms with Gasteiger partial charge in [-0.15, -0.1) is 0 Å². The van der Waals surface area contributed by atoms with Gasteiger partial charge in [-0.2, -0.15) is 0 Å². The van der Waals surface area contributed by atoms with Crippen molar-refractivity contribution in [2.75, 3.05) is 25.0 Å². The second-order valence-electron chi connectivity index (χ2n) is 6.17. The Kier molecular flexibility index (Phi) is 4.60. The predicted octanol–water partition coefficient (Wildman–Crippen LogP) is 1.37. The number of amides is 4. The van der Waals surface area contributed by atoms with E-state index in [4.69, 9.17) is 0 Å². The molecule has 2 saturated heterocycles. The van der Waals surface area contributed by atoms with Gasteiger partial charge < -0.3 is 16.0 Å². The quantitative estimate of drug-likeness (QED) is 0.675. The second kappa shape index (κ2) is 6.52. The molecule has 0 saturated carbocycles. The molecule has 2 aliphatic heterocycles. The predicted molar refractivity (Wildman–Crippen MR) is 92.6 cm³/mol. The molecule has 0 aliphatic carbocycles. The van der Waals surface area contributed by atoms with E-state index >= 15 is 0 Å². The maximum atomic E-state index is 12.6. The van der Waals surface area contributed by atoms with Crippen molar-refractivity contribution in [3.05, 3.63) is 28.2 Å². The van der Waals surface area contributed by atoms with E-state index in [1.165, 1.54) is 0 Å². The number of urea groups is 1. The van der Waals surface area contributed by atoms with Crippen LogP contribution >= 0.6 is 15.9 Å². The zero-order valence-electron chi connectivity index (χ0n) is 13.3. The van der Waals surface area contributed by atoms with Gasteiger partial charge in [-0.1, -0.05) is 15.9 Å². The number of nitrogens with one attached hydrogen (secondary N) is 3. The lowest BCUT2D eigenvalue weighted by Gasteiger charge is -2.31. The number of carbonyl (C=O) groups excluding carboxylic acids is 3. The van der Waals surface area contributed by atoms with Crippen molar-refractivity contribution < 1.29 is 14.4 Å². The Hall–Kier alpha value is -1.93. The van der Waals surface area contributed by atoms with E-state index in [1.54, 1.807) is 6.07 Å². The van der Waals surface area contributed by atoms with Gasteiger partial charge >= 0.3 is 6.03 Å². The van der Waals surface area contributed by atoms with E-state index in [1.807, 2.05) is 19.1 Å². The largest absolute Gasteiger partial charge is 0.325 e. The smallest absolute Gasteiger partial charge is 0.325 e. The molecule has 24 heavy (non-hydrogen) atoms. The molecular formula is C16H19BrN4O3. The van der Waals surface area contributed by atoms with Crippen molar-refractivity contribution >= 4 is 39.5 Å². The summed E-state index contributed by atoms with van der Waals surface area (Å²) < 4.78 is 0.947. The maximum absolute atomic E-state index is 12.6. The van der Waals surface area contributed by atoms with Crippen LogP contribution in [0.1, 0.15) is 18.4 Å². The monoisotopic (exact) mass is 394 g/mol. The molecule has 0 bridgehead atoms. The van der Waals surface area contributed by atoms with Crippen molar-refractivity contribution in [3.63, 3.8) is 0 Å². The number of benzene rings is 1. The third kappa shape index (κ3) is 3.16. The Balaban J connectivity index is 1.66. The zero-order chi connectivity index (χ0) is 17.3. The van der Waals surface area contributed by atoms with Crippen LogP contribution in [0.15, 0.2) is 22.7 Å². The third-order valence-corrected chi connectivity index (χ3v) is 5.34. The maximum Gasteiger partial charge on any atom is 0.325 e. The van der Waals surface area contributed by atoms with E-state index in [9.17, 15) is 14.4 Å². The van der Waals surface area contributed by atoms with Crippen molar-refractivity contribution in [1.82, 2.24) is 15.5 Å². The summed E-state index contributed by atoms with van der Waals surface area (Å²) >= 11 is 3.40. The van der Waals surface area contributed by atoms with Gasteiger partial charge in [-0.25, -0.2) is 4.79 Å². The number of imide groups is 1. The third-order valence-electron chi connectivity index (χ3n) is 4.45. The Bertz CT molecular complexity index is 701. The molecule has 2 heterocycles. The van der Waals surface area contributed by atoms with Crippen molar-refractivity contribution in [2.45, 2.75) is 25.3 Å². The van der Waals surface area contributed by atoms with Crippen LogP contribution in [0.4, 0.5) is 10.5 Å². The Labute approximate surface area is 148 Å². The molecule has 0 aromatic heterocycles. The summed E-state index contributed by atoms with van der Waals surface area (Å²) in [5.41, 5.74) is 0.761. The highest BCUT2D eigenvalue weighted by Gasteiger charge is 2.51. The molecule has 0 unspecified atom stereocenters. The highest BCUT2D eigenvalue weighted by Crippen LogP contribution is 2.27. The summed E-state index contributed by atoms with van der Waals surface area (Å²) in [7, 11) is 0. The Morgan fingerprint density at radius 3 is 2.71 bits per heavy atom. The number of rotatable bonds is 3. The molecule has 8 heteroatoms. The zero-order valence-corrected chi connectivity index (χ0v) is 14.9. The number of carbonyl (C=O) groups is 3. The molecule has 0 radical (unpaired) electrons. The fourth-order valence-electron chi connectivity index (χ4n) is 3.08. The lowest BCUT2D eigenvalue weighted by Crippen LogP contribution is -2.54. The van der Waals surface area contributed by atoms with Crippen LogP contribution in [0.5, 0.6) is 0 Å². The number of hydrogen-bond donors (Lipinski definition) is 3. The van der Waals surface area contributed by atoms with E-state index in [2.05, 4.69) is 31.9 Å². The fraction of sp³-hybridized carbons (Fsp3) is 0.438. The van der Waals surface area contributed by atoms with Gasteiger partial charge in [0.25, 0.3) is 5.91 Å². The summed E-state index contributed by atoms with van der Waals surface area (Å²) in [5, 5.41) is 8.65. The summed E-state index contributed by atoms with van der Waals surface area (Å²) in [5.74, 6) is -0.706. The topological polar surface area (TPSA) is 90.5 Å². The minimum absolute atomic E-state index is 0.283. The Morgan fingerprint density at radius 2 is 2.04 bits per heavy atom. The molecule has 3 rings (SSSR count). The molecule has 2 fully saturated rings. The molecule has 2 aliphatic rings. The number of aryl methyl sites for hydroxylation is 1. The van der Waals surface area contributed by atoms with Crippen LogP contribution in [-0.4, -0.2) is 47.9 Å². The fourth-order valence-corrected chi connectivity index (χ4v) is 3.33. The van der Waals surface area contributed by atoms with Gasteiger partial charge in [0.2, 0.25) is 5.91 Å². The van der Waals surface area contributed by atoms with E-state index in [0.717, 1.165) is 14.9 Å². The second-order valence-corrected chi connectivity index (χ2v) is 7.02. The Morgan fingerprint density at radius 1 is 1.33 bits per heavy atom. The summed E-state index contributed by atoms with van der Waals surface area (Å²) in [4.78, 5) is 38.0. The normalized spacial score (nSPS) is 19.5. The lowest BCUT2D eigenvalue weighted by atomic mass is 9.88. The highest BCUT2D eigenvalue weighted by atomic mass is 79.9. The first-order valence-electron chi connectivity index (χ1n) is 7.82. The molecule has 7 nitrogen and oxygen atoms in total. The molecule has 0 atom stereocenters. The molecule has 1 aromatic carbocycles. The number of anilines is 1. The average Bonchev–Trinajstić information content (AvgIpc) is 2.76. The molecular weight excluding hydrogens is 376 g/mol. The first kappa shape index (κ1) is 16.9. The van der Waals surface area contributed by atoms with Crippen LogP contribution < -0.4 is 16.0 Å². The van der Waals surface area contributed by atoms with Crippen molar-refractivity contribution in [3.8, 4) is 0 Å². The van der Waals surface area contributed by atoms with Crippen LogP contribution in [0.25, 0.3) is 0 Å². The summed E-state index contributed by atoms with van der Waals surface area (Å²) in [6, 6.07) is 4.92. The van der Waals surface area contributed by atoms with Gasteiger partial charge in [0.1, 0.15) is 12.1 Å². The van der Waals surface area contributed by atoms with E-state index < -0.39 is 17.5 Å². The highest BCUT2D eigenvalue weighted by molar-refractivity contribution is 9.10. The van der Waals surface area contributed by atoms with Crippen LogP contribution in [0.3, 0.4) is 0 Å². The minimum atomic E-state index is -0.850. The molecule has 4 amide bonds. The van der Waals surface area contributed by atoms with Crippen molar-refractivity contribution in [2.24, 2.45) is 0 Å². The molecule has 1 aromatic rings. The summed E-state index contributed by atoms with van der Waals surface area (Å²) in [6.45, 7) is 2.97. The first-order chi connectivity index (χ1) is 11.4. The number of hydrogen-bond acceptors (Lipinski definition) is 4. The van der Waals surface area contributed by atoms with Gasteiger partial charge in [0.15, 0.2) is 0 Å².